The monoisotopic (exact) mass is 180 g/mol. The van der Waals surface area contributed by atoms with Crippen molar-refractivity contribution in [1.29, 1.82) is 0 Å². The van der Waals surface area contributed by atoms with Crippen LogP contribution < -0.4 is 0 Å². The van der Waals surface area contributed by atoms with Crippen molar-refractivity contribution in [3.05, 3.63) is 0 Å². The minimum atomic E-state index is 0.474. The summed E-state index contributed by atoms with van der Waals surface area (Å²) in [6, 6.07) is 0. The second-order valence-corrected chi connectivity index (χ2v) is 4.11. The largest absolute Gasteiger partial charge is 0.0774 e. The third kappa shape index (κ3) is 9.98. The molecule has 0 spiro atoms. The van der Waals surface area contributed by atoms with Crippen molar-refractivity contribution in [3.8, 4) is 0 Å². The van der Waals surface area contributed by atoms with Gasteiger partial charge in [-0.05, 0) is 0 Å². The van der Waals surface area contributed by atoms with Crippen LogP contribution in [-0.2, 0) is 0 Å². The highest BCUT2D eigenvalue weighted by Gasteiger charge is 2.00. The van der Waals surface area contributed by atoms with Crippen LogP contribution in [-0.4, -0.2) is 7.85 Å². The van der Waals surface area contributed by atoms with Crippen LogP contribution in [0.3, 0.4) is 0 Å². The molecule has 0 aliphatic carbocycles. The molecule has 0 fully saturated rings. The third-order valence-electron chi connectivity index (χ3n) is 2.61. The summed E-state index contributed by atoms with van der Waals surface area (Å²) >= 11 is 0. The van der Waals surface area contributed by atoms with Gasteiger partial charge in [0.25, 0.3) is 0 Å². The highest BCUT2D eigenvalue weighted by Crippen LogP contribution is 2.19. The number of unbranched alkanes of at least 4 members (excludes halogenated alkanes) is 5. The smallest absolute Gasteiger partial charge is 0.0699 e. The van der Waals surface area contributed by atoms with E-state index in [1.165, 1.54) is 57.8 Å². The molecule has 0 N–H and O–H groups in total. The van der Waals surface area contributed by atoms with E-state index < -0.39 is 0 Å². The highest BCUT2D eigenvalue weighted by molar-refractivity contribution is 6.11. The van der Waals surface area contributed by atoms with E-state index in [1.807, 2.05) is 0 Å². The van der Waals surface area contributed by atoms with Crippen LogP contribution in [0.1, 0.15) is 71.6 Å². The first kappa shape index (κ1) is 13.1. The van der Waals surface area contributed by atoms with Crippen molar-refractivity contribution in [2.24, 2.45) is 0 Å². The van der Waals surface area contributed by atoms with E-state index in [1.54, 1.807) is 0 Å². The molecule has 2 radical (unpaired) electrons. The minimum Gasteiger partial charge on any atom is -0.0774 e. The Bertz CT molecular complexity index is 91.1. The van der Waals surface area contributed by atoms with Crippen LogP contribution >= 0.6 is 0 Å². The Hall–Kier alpha value is 0.0649. The Labute approximate surface area is 85.9 Å². The first-order valence-electron chi connectivity index (χ1n) is 6.06. The summed E-state index contributed by atoms with van der Waals surface area (Å²) in [6.07, 6.45) is 11.9. The van der Waals surface area contributed by atoms with Crippen LogP contribution in [0, 0.1) is 0 Å². The molecule has 0 aliphatic rings. The Morgan fingerprint density at radius 1 is 0.769 bits per heavy atom. The molecule has 1 heteroatoms. The predicted octanol–water partition coefficient (Wildman–Crippen LogP) is 4.49. The molecule has 1 unspecified atom stereocenters. The lowest BCUT2D eigenvalue weighted by Crippen LogP contribution is -1.92. The number of rotatable bonds is 9. The molecule has 1 atom stereocenters. The van der Waals surface area contributed by atoms with Gasteiger partial charge in [0.05, 0.1) is 7.85 Å². The fourth-order valence-electron chi connectivity index (χ4n) is 1.62. The summed E-state index contributed by atoms with van der Waals surface area (Å²) in [5.41, 5.74) is 0. The van der Waals surface area contributed by atoms with Crippen molar-refractivity contribution < 1.29 is 0 Å². The van der Waals surface area contributed by atoms with Crippen molar-refractivity contribution in [2.75, 3.05) is 0 Å². The second-order valence-electron chi connectivity index (χ2n) is 4.11. The van der Waals surface area contributed by atoms with E-state index >= 15 is 0 Å². The van der Waals surface area contributed by atoms with Gasteiger partial charge in [0, 0.05) is 0 Å². The molecule has 0 heterocycles. The number of hydrogen-bond acceptors (Lipinski definition) is 0. The maximum absolute atomic E-state index is 5.97. The fourth-order valence-corrected chi connectivity index (χ4v) is 1.62. The average molecular weight is 180 g/mol. The quantitative estimate of drug-likeness (QED) is 0.362. The van der Waals surface area contributed by atoms with Crippen molar-refractivity contribution in [2.45, 2.75) is 77.5 Å². The molecule has 76 valence electrons. The molecular weight excluding hydrogens is 155 g/mol. The van der Waals surface area contributed by atoms with Crippen LogP contribution in [0.15, 0.2) is 0 Å². The fraction of sp³-hybridized carbons (Fsp3) is 1.00. The summed E-state index contributed by atoms with van der Waals surface area (Å²) in [6.45, 7) is 4.49. The van der Waals surface area contributed by atoms with E-state index in [2.05, 4.69) is 13.8 Å². The van der Waals surface area contributed by atoms with Crippen molar-refractivity contribution >= 4 is 7.85 Å². The van der Waals surface area contributed by atoms with Gasteiger partial charge in [-0.25, -0.2) is 0 Å². The zero-order chi connectivity index (χ0) is 9.94. The highest BCUT2D eigenvalue weighted by atomic mass is 14.0. The van der Waals surface area contributed by atoms with Gasteiger partial charge < -0.3 is 0 Å². The third-order valence-corrected chi connectivity index (χ3v) is 2.61. The van der Waals surface area contributed by atoms with Gasteiger partial charge in [-0.3, -0.25) is 0 Å². The van der Waals surface area contributed by atoms with Gasteiger partial charge in [-0.1, -0.05) is 77.5 Å². The first-order chi connectivity index (χ1) is 6.31. The van der Waals surface area contributed by atoms with Gasteiger partial charge in [-0.15, -0.1) is 0 Å². The summed E-state index contributed by atoms with van der Waals surface area (Å²) in [7, 11) is 5.97. The molecular formula is C12H25B. The van der Waals surface area contributed by atoms with Gasteiger partial charge >= 0.3 is 0 Å². The summed E-state index contributed by atoms with van der Waals surface area (Å²) < 4.78 is 0. The van der Waals surface area contributed by atoms with E-state index in [9.17, 15) is 0 Å². The summed E-state index contributed by atoms with van der Waals surface area (Å²) in [5, 5.41) is 0. The molecule has 0 aliphatic heterocycles. The van der Waals surface area contributed by atoms with Gasteiger partial charge in [0.15, 0.2) is 0 Å². The second kappa shape index (κ2) is 10.1. The molecule has 0 aromatic carbocycles. The van der Waals surface area contributed by atoms with Gasteiger partial charge in [0.2, 0.25) is 0 Å². The molecule has 0 nitrogen and oxygen atoms in total. The predicted molar refractivity (Wildman–Crippen MR) is 62.4 cm³/mol. The molecule has 0 saturated carbocycles. The number of hydrogen-bond donors (Lipinski definition) is 0. The molecule has 0 saturated heterocycles. The van der Waals surface area contributed by atoms with E-state index in [-0.39, 0.29) is 0 Å². The lowest BCUT2D eigenvalue weighted by Gasteiger charge is -2.10. The molecule has 0 aromatic heterocycles. The lowest BCUT2D eigenvalue weighted by molar-refractivity contribution is 0.562. The van der Waals surface area contributed by atoms with Gasteiger partial charge in [0.1, 0.15) is 0 Å². The molecule has 0 aromatic rings. The Kier molecular flexibility index (Phi) is 10.2. The maximum Gasteiger partial charge on any atom is 0.0699 e. The maximum atomic E-state index is 5.97. The minimum absolute atomic E-state index is 0.474. The Morgan fingerprint density at radius 2 is 1.31 bits per heavy atom. The molecule has 0 amide bonds. The topological polar surface area (TPSA) is 0 Å². The zero-order valence-corrected chi connectivity index (χ0v) is 9.52. The SMILES string of the molecule is [B]C(CCCC)CCCCCCC. The molecule has 13 heavy (non-hydrogen) atoms. The van der Waals surface area contributed by atoms with E-state index in [4.69, 9.17) is 7.85 Å². The van der Waals surface area contributed by atoms with E-state index in [0.29, 0.717) is 5.82 Å². The average Bonchev–Trinajstić information content (AvgIpc) is 2.14. The van der Waals surface area contributed by atoms with Crippen LogP contribution in [0.5, 0.6) is 0 Å². The zero-order valence-electron chi connectivity index (χ0n) is 9.52. The van der Waals surface area contributed by atoms with E-state index in [0.717, 1.165) is 0 Å². The van der Waals surface area contributed by atoms with Crippen LogP contribution in [0.2, 0.25) is 5.82 Å². The summed E-state index contributed by atoms with van der Waals surface area (Å²) in [4.78, 5) is 0. The Balaban J connectivity index is 3.03. The first-order valence-corrected chi connectivity index (χ1v) is 6.06. The van der Waals surface area contributed by atoms with Gasteiger partial charge in [-0.2, -0.15) is 0 Å². The molecule has 0 bridgehead atoms. The standard InChI is InChI=1S/C12H25B/c1-3-5-7-8-9-11-12(13)10-6-4-2/h12H,3-11H2,1-2H3. The Morgan fingerprint density at radius 3 is 1.92 bits per heavy atom. The lowest BCUT2D eigenvalue weighted by atomic mass is 9.79. The normalized spacial score (nSPS) is 13.1. The summed E-state index contributed by atoms with van der Waals surface area (Å²) in [5.74, 6) is 0.474. The van der Waals surface area contributed by atoms with Crippen molar-refractivity contribution in [3.63, 3.8) is 0 Å². The van der Waals surface area contributed by atoms with Crippen molar-refractivity contribution in [1.82, 2.24) is 0 Å². The molecule has 0 rings (SSSR count). The van der Waals surface area contributed by atoms with Crippen LogP contribution in [0.25, 0.3) is 0 Å². The van der Waals surface area contributed by atoms with Crippen LogP contribution in [0.4, 0.5) is 0 Å².